The second-order valence-corrected chi connectivity index (χ2v) is 8.37. The summed E-state index contributed by atoms with van der Waals surface area (Å²) in [7, 11) is 0. The zero-order valence-electron chi connectivity index (χ0n) is 19.2. The summed E-state index contributed by atoms with van der Waals surface area (Å²) in [5, 5.41) is 17.4. The molecule has 0 aliphatic rings. The zero-order chi connectivity index (χ0) is 23.6. The van der Waals surface area contributed by atoms with E-state index in [1.165, 1.54) is 17.7 Å². The number of halogens is 2. The number of non-ortho nitro benzene ring substituents is 1. The maximum atomic E-state index is 10.7. The summed E-state index contributed by atoms with van der Waals surface area (Å²) in [4.78, 5) is 10.3. The highest BCUT2D eigenvalue weighted by molar-refractivity contribution is 9.10. The molecule has 7 nitrogen and oxygen atoms in total. The van der Waals surface area contributed by atoms with Gasteiger partial charge < -0.3 is 20.1 Å². The van der Waals surface area contributed by atoms with Crippen LogP contribution in [0.5, 0.6) is 11.5 Å². The molecule has 3 rings (SSSR count). The number of rotatable bonds is 12. The Morgan fingerprint density at radius 1 is 0.971 bits per heavy atom. The van der Waals surface area contributed by atoms with Gasteiger partial charge in [-0.3, -0.25) is 10.1 Å². The Bertz CT molecular complexity index is 1060. The van der Waals surface area contributed by atoms with Crippen molar-refractivity contribution in [1.29, 1.82) is 0 Å². The molecular weight excluding hydrogens is 522 g/mol. The first kappa shape index (κ1) is 27.4. The lowest BCUT2D eigenvalue weighted by Gasteiger charge is -2.16. The van der Waals surface area contributed by atoms with Gasteiger partial charge in [0.25, 0.3) is 5.69 Å². The lowest BCUT2D eigenvalue weighted by atomic mass is 10.1. The number of nitro groups is 1. The van der Waals surface area contributed by atoms with Crippen molar-refractivity contribution in [2.45, 2.75) is 27.0 Å². The van der Waals surface area contributed by atoms with Gasteiger partial charge in [-0.1, -0.05) is 29.8 Å². The third-order valence-corrected chi connectivity index (χ3v) is 5.50. The van der Waals surface area contributed by atoms with Crippen LogP contribution in [0.3, 0.4) is 0 Å². The highest BCUT2D eigenvalue weighted by atomic mass is 79.9. The molecule has 34 heavy (non-hydrogen) atoms. The lowest BCUT2D eigenvalue weighted by Crippen LogP contribution is -2.21. The summed E-state index contributed by atoms with van der Waals surface area (Å²) in [5.41, 5.74) is 4.32. The van der Waals surface area contributed by atoms with Crippen molar-refractivity contribution < 1.29 is 14.4 Å². The van der Waals surface area contributed by atoms with Gasteiger partial charge in [0.05, 0.1) is 16.0 Å². The smallest absolute Gasteiger partial charge is 0.269 e. The Balaban J connectivity index is 0.00000408. The maximum absolute atomic E-state index is 10.7. The molecule has 0 heterocycles. The molecule has 182 valence electrons. The Morgan fingerprint density at radius 2 is 1.68 bits per heavy atom. The van der Waals surface area contributed by atoms with Crippen LogP contribution in [0.15, 0.2) is 65.1 Å². The Kier molecular flexibility index (Phi) is 11.1. The fourth-order valence-corrected chi connectivity index (χ4v) is 3.80. The maximum Gasteiger partial charge on any atom is 0.269 e. The van der Waals surface area contributed by atoms with E-state index in [1.54, 1.807) is 12.1 Å². The Labute approximate surface area is 214 Å². The highest BCUT2D eigenvalue weighted by Gasteiger charge is 2.13. The third kappa shape index (κ3) is 8.20. The predicted octanol–water partition coefficient (Wildman–Crippen LogP) is 6.27. The van der Waals surface area contributed by atoms with Crippen molar-refractivity contribution >= 4 is 39.7 Å². The van der Waals surface area contributed by atoms with Gasteiger partial charge in [0.15, 0.2) is 11.5 Å². The molecule has 0 fully saturated rings. The number of ether oxygens (including phenoxy) is 2. The number of nitrogens with zero attached hydrogens (tertiary/aromatic N) is 1. The first-order chi connectivity index (χ1) is 16.0. The summed E-state index contributed by atoms with van der Waals surface area (Å²) < 4.78 is 12.8. The highest BCUT2D eigenvalue weighted by Crippen LogP contribution is 2.37. The van der Waals surface area contributed by atoms with E-state index in [-0.39, 0.29) is 18.1 Å². The fraction of sp³-hybridized carbons (Fsp3) is 0.280. The van der Waals surface area contributed by atoms with E-state index in [9.17, 15) is 10.1 Å². The van der Waals surface area contributed by atoms with Crippen molar-refractivity contribution in [3.63, 3.8) is 0 Å². The Hall–Kier alpha value is -2.81. The van der Waals surface area contributed by atoms with Gasteiger partial charge in [-0.2, -0.15) is 0 Å². The molecule has 0 atom stereocenters. The average molecular weight is 551 g/mol. The SMILES string of the molecule is CCOc1cc(CNCCNc2ccc([N+](=O)[O-])cc2)cc(Br)c1OCc1ccc(C)cc1.Cl. The van der Waals surface area contributed by atoms with Crippen molar-refractivity contribution in [2.24, 2.45) is 0 Å². The van der Waals surface area contributed by atoms with E-state index in [4.69, 9.17) is 9.47 Å². The minimum atomic E-state index is -0.404. The van der Waals surface area contributed by atoms with E-state index in [1.807, 2.05) is 19.1 Å². The summed E-state index contributed by atoms with van der Waals surface area (Å²) in [6, 6.07) is 18.7. The largest absolute Gasteiger partial charge is 0.490 e. The number of nitrogens with one attached hydrogen (secondary N) is 2. The molecule has 0 aromatic heterocycles. The topological polar surface area (TPSA) is 85.7 Å². The van der Waals surface area contributed by atoms with Crippen LogP contribution >= 0.6 is 28.3 Å². The molecule has 2 N–H and O–H groups in total. The molecule has 0 aliphatic heterocycles. The fourth-order valence-electron chi connectivity index (χ4n) is 3.20. The lowest BCUT2D eigenvalue weighted by molar-refractivity contribution is -0.384. The molecule has 0 saturated heterocycles. The molecule has 0 amide bonds. The van der Waals surface area contributed by atoms with E-state index < -0.39 is 4.92 Å². The van der Waals surface area contributed by atoms with Gasteiger partial charge in [-0.25, -0.2) is 0 Å². The number of aryl methyl sites for hydroxylation is 1. The number of hydrogen-bond acceptors (Lipinski definition) is 6. The quantitative estimate of drug-likeness (QED) is 0.157. The molecule has 9 heteroatoms. The molecule has 3 aromatic carbocycles. The summed E-state index contributed by atoms with van der Waals surface area (Å²) in [6.45, 7) is 7.10. The normalized spacial score (nSPS) is 10.3. The van der Waals surface area contributed by atoms with Gasteiger partial charge >= 0.3 is 0 Å². The van der Waals surface area contributed by atoms with Crippen LogP contribution in [0.25, 0.3) is 0 Å². The van der Waals surface area contributed by atoms with Gasteiger partial charge in [0.2, 0.25) is 0 Å². The van der Waals surface area contributed by atoms with Crippen molar-refractivity contribution in [3.8, 4) is 11.5 Å². The molecule has 3 aromatic rings. The van der Waals surface area contributed by atoms with Crippen LogP contribution in [0.2, 0.25) is 0 Å². The number of nitro benzene ring substituents is 1. The van der Waals surface area contributed by atoms with Gasteiger partial charge in [0, 0.05) is 37.5 Å². The molecule has 0 radical (unpaired) electrons. The second-order valence-electron chi connectivity index (χ2n) is 7.52. The molecule has 0 spiro atoms. The molecule has 0 saturated carbocycles. The third-order valence-electron chi connectivity index (χ3n) is 4.91. The van der Waals surface area contributed by atoms with E-state index in [0.717, 1.165) is 27.8 Å². The van der Waals surface area contributed by atoms with Crippen LogP contribution in [0.1, 0.15) is 23.6 Å². The molecular formula is C25H29BrClN3O4. The molecule has 0 aliphatic carbocycles. The Morgan fingerprint density at radius 3 is 2.32 bits per heavy atom. The number of hydrogen-bond donors (Lipinski definition) is 2. The van der Waals surface area contributed by atoms with Gasteiger partial charge in [0.1, 0.15) is 6.61 Å². The zero-order valence-corrected chi connectivity index (χ0v) is 21.6. The van der Waals surface area contributed by atoms with E-state index in [0.29, 0.717) is 37.8 Å². The van der Waals surface area contributed by atoms with Crippen LogP contribution in [-0.2, 0) is 13.2 Å². The van der Waals surface area contributed by atoms with Gasteiger partial charge in [-0.15, -0.1) is 12.4 Å². The van der Waals surface area contributed by atoms with Crippen molar-refractivity contribution in [2.75, 3.05) is 25.0 Å². The minimum absolute atomic E-state index is 0. The summed E-state index contributed by atoms with van der Waals surface area (Å²) >= 11 is 3.63. The minimum Gasteiger partial charge on any atom is -0.490 e. The van der Waals surface area contributed by atoms with Crippen LogP contribution in [0.4, 0.5) is 11.4 Å². The summed E-state index contributed by atoms with van der Waals surface area (Å²) in [5.74, 6) is 1.40. The predicted molar refractivity (Wildman–Crippen MR) is 141 cm³/mol. The molecule has 0 bridgehead atoms. The number of anilines is 1. The van der Waals surface area contributed by atoms with Crippen molar-refractivity contribution in [3.05, 3.63) is 91.9 Å². The van der Waals surface area contributed by atoms with Crippen LogP contribution in [0, 0.1) is 17.0 Å². The van der Waals surface area contributed by atoms with Crippen LogP contribution < -0.4 is 20.1 Å². The van der Waals surface area contributed by atoms with Crippen LogP contribution in [-0.4, -0.2) is 24.6 Å². The van der Waals surface area contributed by atoms with E-state index >= 15 is 0 Å². The first-order valence-corrected chi connectivity index (χ1v) is 11.6. The first-order valence-electron chi connectivity index (χ1n) is 10.8. The van der Waals surface area contributed by atoms with Gasteiger partial charge in [-0.05, 0) is 65.2 Å². The van der Waals surface area contributed by atoms with E-state index in [2.05, 4.69) is 57.8 Å². The monoisotopic (exact) mass is 549 g/mol. The standard InChI is InChI=1S/C25H28BrN3O4.ClH/c1-3-32-24-15-20(14-23(26)25(24)33-17-19-6-4-18(2)5-7-19)16-27-12-13-28-21-8-10-22(11-9-21)29(30)31;/h4-11,14-15,27-28H,3,12-13,16-17H2,1-2H3;1H. The van der Waals surface area contributed by atoms with Crippen molar-refractivity contribution in [1.82, 2.24) is 5.32 Å². The molecule has 0 unspecified atom stereocenters. The summed E-state index contributed by atoms with van der Waals surface area (Å²) in [6.07, 6.45) is 0. The number of benzene rings is 3. The average Bonchev–Trinajstić information content (AvgIpc) is 2.80. The second kappa shape index (κ2) is 13.8.